The van der Waals surface area contributed by atoms with Gasteiger partial charge in [0.25, 0.3) is 0 Å². The first-order chi connectivity index (χ1) is 7.66. The van der Waals surface area contributed by atoms with E-state index in [9.17, 15) is 4.79 Å². The summed E-state index contributed by atoms with van der Waals surface area (Å²) in [6.45, 7) is 2.02. The van der Waals surface area contributed by atoms with Gasteiger partial charge in [-0.2, -0.15) is 0 Å². The number of hydrogen-bond acceptors (Lipinski definition) is 2. The number of nitrogens with zero attached hydrogens (tertiary/aromatic N) is 2. The normalized spacial score (nSPS) is 23.6. The van der Waals surface area contributed by atoms with Crippen molar-refractivity contribution >= 4 is 11.6 Å². The highest BCUT2D eigenvalue weighted by Crippen LogP contribution is 2.47. The van der Waals surface area contributed by atoms with E-state index in [4.69, 9.17) is 5.11 Å². The van der Waals surface area contributed by atoms with E-state index in [1.165, 1.54) is 0 Å². The lowest BCUT2D eigenvalue weighted by atomic mass is 10.2. The molecule has 2 heterocycles. The predicted molar refractivity (Wildman–Crippen MR) is 58.4 cm³/mol. The summed E-state index contributed by atoms with van der Waals surface area (Å²) >= 11 is 0. The highest BCUT2D eigenvalue weighted by molar-refractivity contribution is 5.75. The molecule has 1 fully saturated rings. The second kappa shape index (κ2) is 3.07. The SMILES string of the molecule is Cc1ccn2c(C3CC3C(=O)O)cnc2c1. The zero-order valence-corrected chi connectivity index (χ0v) is 8.92. The van der Waals surface area contributed by atoms with Crippen molar-refractivity contribution in [1.29, 1.82) is 0 Å². The average Bonchev–Trinajstić information content (AvgIpc) is 2.93. The third kappa shape index (κ3) is 1.30. The summed E-state index contributed by atoms with van der Waals surface area (Å²) in [4.78, 5) is 15.1. The van der Waals surface area contributed by atoms with E-state index in [1.807, 2.05) is 29.7 Å². The molecule has 0 radical (unpaired) electrons. The number of fused-ring (bicyclic) bond motifs is 1. The molecule has 82 valence electrons. The zero-order valence-electron chi connectivity index (χ0n) is 8.92. The molecule has 0 amide bonds. The van der Waals surface area contributed by atoms with Gasteiger partial charge in [-0.3, -0.25) is 4.79 Å². The van der Waals surface area contributed by atoms with Gasteiger partial charge in [0, 0.05) is 24.0 Å². The highest BCUT2D eigenvalue weighted by atomic mass is 16.4. The van der Waals surface area contributed by atoms with Gasteiger partial charge in [-0.1, -0.05) is 0 Å². The summed E-state index contributed by atoms with van der Waals surface area (Å²) < 4.78 is 1.99. The lowest BCUT2D eigenvalue weighted by Gasteiger charge is -2.00. The Kier molecular flexibility index (Phi) is 1.80. The van der Waals surface area contributed by atoms with Crippen LogP contribution in [0.25, 0.3) is 5.65 Å². The Balaban J connectivity index is 2.03. The van der Waals surface area contributed by atoms with Gasteiger partial charge in [0.1, 0.15) is 5.65 Å². The molecule has 2 atom stereocenters. The fourth-order valence-electron chi connectivity index (χ4n) is 2.17. The molecule has 4 heteroatoms. The second-order valence-electron chi connectivity index (χ2n) is 4.40. The first-order valence-electron chi connectivity index (χ1n) is 5.33. The summed E-state index contributed by atoms with van der Waals surface area (Å²) in [5, 5.41) is 8.91. The number of pyridine rings is 1. The predicted octanol–water partition coefficient (Wildman–Crippen LogP) is 1.83. The van der Waals surface area contributed by atoms with Crippen LogP contribution in [-0.4, -0.2) is 20.5 Å². The number of carboxylic acid groups (broad SMARTS) is 1. The van der Waals surface area contributed by atoms with Gasteiger partial charge in [-0.15, -0.1) is 0 Å². The van der Waals surface area contributed by atoms with Crippen LogP contribution in [0.5, 0.6) is 0 Å². The standard InChI is InChI=1S/C12H12N2O2/c1-7-2-3-14-10(6-13-11(14)4-7)8-5-9(8)12(15)16/h2-4,6,8-9H,5H2,1H3,(H,15,16). The topological polar surface area (TPSA) is 54.6 Å². The Hall–Kier alpha value is -1.84. The fourth-order valence-corrected chi connectivity index (χ4v) is 2.17. The summed E-state index contributed by atoms with van der Waals surface area (Å²) in [7, 11) is 0. The summed E-state index contributed by atoms with van der Waals surface area (Å²) in [5.74, 6) is -0.788. The molecule has 1 N–H and O–H groups in total. The van der Waals surface area contributed by atoms with Crippen LogP contribution in [0.15, 0.2) is 24.5 Å². The number of carbonyl (C=O) groups is 1. The number of aromatic nitrogens is 2. The molecule has 1 saturated carbocycles. The molecule has 2 aromatic rings. The van der Waals surface area contributed by atoms with Crippen LogP contribution >= 0.6 is 0 Å². The molecule has 0 saturated heterocycles. The van der Waals surface area contributed by atoms with Gasteiger partial charge in [-0.25, -0.2) is 4.98 Å². The minimum atomic E-state index is -0.702. The van der Waals surface area contributed by atoms with E-state index in [1.54, 1.807) is 6.20 Å². The Morgan fingerprint density at radius 2 is 2.44 bits per heavy atom. The maximum absolute atomic E-state index is 10.8. The van der Waals surface area contributed by atoms with Gasteiger partial charge in [0.15, 0.2) is 0 Å². The molecule has 0 spiro atoms. The van der Waals surface area contributed by atoms with Crippen LogP contribution in [0.4, 0.5) is 0 Å². The third-order valence-electron chi connectivity index (χ3n) is 3.18. The minimum absolute atomic E-state index is 0.134. The van der Waals surface area contributed by atoms with Crippen molar-refractivity contribution in [2.45, 2.75) is 19.3 Å². The number of aliphatic carboxylic acids is 1. The van der Waals surface area contributed by atoms with Crippen molar-refractivity contribution in [1.82, 2.24) is 9.38 Å². The van der Waals surface area contributed by atoms with Gasteiger partial charge in [0.2, 0.25) is 0 Å². The Morgan fingerprint density at radius 1 is 1.62 bits per heavy atom. The molecule has 0 aliphatic heterocycles. The maximum atomic E-state index is 10.8. The Bertz CT molecular complexity index is 573. The first-order valence-corrected chi connectivity index (χ1v) is 5.33. The third-order valence-corrected chi connectivity index (χ3v) is 3.18. The summed E-state index contributed by atoms with van der Waals surface area (Å²) in [6, 6.07) is 4.01. The number of hydrogen-bond donors (Lipinski definition) is 1. The molecule has 0 aromatic carbocycles. The van der Waals surface area contributed by atoms with Crippen molar-refractivity contribution < 1.29 is 9.90 Å². The minimum Gasteiger partial charge on any atom is -0.481 e. The largest absolute Gasteiger partial charge is 0.481 e. The quantitative estimate of drug-likeness (QED) is 0.833. The first kappa shape index (κ1) is 9.39. The molecule has 0 bridgehead atoms. The average molecular weight is 216 g/mol. The number of carboxylic acids is 1. The van der Waals surface area contributed by atoms with E-state index in [2.05, 4.69) is 4.98 Å². The van der Waals surface area contributed by atoms with E-state index >= 15 is 0 Å². The monoisotopic (exact) mass is 216 g/mol. The van der Waals surface area contributed by atoms with Gasteiger partial charge < -0.3 is 9.51 Å². The molecule has 2 unspecified atom stereocenters. The second-order valence-corrected chi connectivity index (χ2v) is 4.40. The smallest absolute Gasteiger partial charge is 0.307 e. The highest BCUT2D eigenvalue weighted by Gasteiger charge is 2.45. The van der Waals surface area contributed by atoms with Crippen LogP contribution in [0.3, 0.4) is 0 Å². The number of rotatable bonds is 2. The molecule has 1 aliphatic carbocycles. The van der Waals surface area contributed by atoms with Crippen LogP contribution in [0.2, 0.25) is 0 Å². The van der Waals surface area contributed by atoms with Gasteiger partial charge in [-0.05, 0) is 31.0 Å². The van der Waals surface area contributed by atoms with E-state index in [0.717, 1.165) is 23.3 Å². The number of aryl methyl sites for hydroxylation is 1. The molecular weight excluding hydrogens is 204 g/mol. The number of imidazole rings is 1. The molecule has 3 rings (SSSR count). The van der Waals surface area contributed by atoms with Crippen molar-refractivity contribution in [3.05, 3.63) is 35.8 Å². The van der Waals surface area contributed by atoms with Crippen molar-refractivity contribution in [2.24, 2.45) is 5.92 Å². The van der Waals surface area contributed by atoms with Crippen molar-refractivity contribution in [3.63, 3.8) is 0 Å². The Labute approximate surface area is 92.5 Å². The lowest BCUT2D eigenvalue weighted by Crippen LogP contribution is -2.00. The molecule has 4 nitrogen and oxygen atoms in total. The zero-order chi connectivity index (χ0) is 11.3. The molecule has 1 aliphatic rings. The van der Waals surface area contributed by atoms with Crippen LogP contribution in [0, 0.1) is 12.8 Å². The molecular formula is C12H12N2O2. The lowest BCUT2D eigenvalue weighted by molar-refractivity contribution is -0.138. The molecule has 16 heavy (non-hydrogen) atoms. The van der Waals surface area contributed by atoms with Crippen LogP contribution in [0.1, 0.15) is 23.6 Å². The van der Waals surface area contributed by atoms with E-state index in [0.29, 0.717) is 0 Å². The van der Waals surface area contributed by atoms with E-state index in [-0.39, 0.29) is 11.8 Å². The Morgan fingerprint density at radius 3 is 3.12 bits per heavy atom. The van der Waals surface area contributed by atoms with Gasteiger partial charge in [0.05, 0.1) is 5.92 Å². The maximum Gasteiger partial charge on any atom is 0.307 e. The van der Waals surface area contributed by atoms with Gasteiger partial charge >= 0.3 is 5.97 Å². The van der Waals surface area contributed by atoms with E-state index < -0.39 is 5.97 Å². The fraction of sp³-hybridized carbons (Fsp3) is 0.333. The van der Waals surface area contributed by atoms with Crippen LogP contribution < -0.4 is 0 Å². The summed E-state index contributed by atoms with van der Waals surface area (Å²) in [5.41, 5.74) is 3.07. The van der Waals surface area contributed by atoms with Crippen molar-refractivity contribution in [2.75, 3.05) is 0 Å². The molecule has 2 aromatic heterocycles. The summed E-state index contributed by atoms with van der Waals surface area (Å²) in [6.07, 6.45) is 4.49. The van der Waals surface area contributed by atoms with Crippen LogP contribution in [-0.2, 0) is 4.79 Å². The van der Waals surface area contributed by atoms with Crippen molar-refractivity contribution in [3.8, 4) is 0 Å².